The van der Waals surface area contributed by atoms with Crippen LogP contribution in [0.25, 0.3) is 0 Å². The summed E-state index contributed by atoms with van der Waals surface area (Å²) in [4.78, 5) is 14.0. The highest BCUT2D eigenvalue weighted by molar-refractivity contribution is 5.89. The maximum absolute atomic E-state index is 12.9. The van der Waals surface area contributed by atoms with Crippen molar-refractivity contribution in [2.24, 2.45) is 5.41 Å². The van der Waals surface area contributed by atoms with Gasteiger partial charge in [-0.2, -0.15) is 0 Å². The molecular formula is C17H23FN2O3. The number of piperidine rings is 1. The number of carbonyl (C=O) groups is 1. The van der Waals surface area contributed by atoms with E-state index in [0.29, 0.717) is 31.8 Å². The molecule has 1 saturated heterocycles. The molecule has 1 aliphatic heterocycles. The van der Waals surface area contributed by atoms with Gasteiger partial charge in [-0.25, -0.2) is 9.18 Å². The van der Waals surface area contributed by atoms with Gasteiger partial charge in [-0.15, -0.1) is 0 Å². The van der Waals surface area contributed by atoms with Crippen LogP contribution in [-0.2, 0) is 4.74 Å². The number of benzene rings is 1. The molecule has 3 rings (SSSR count). The molecule has 2 aliphatic rings. The van der Waals surface area contributed by atoms with Gasteiger partial charge in [-0.05, 0) is 44.0 Å². The second-order valence-electron chi connectivity index (χ2n) is 6.35. The Kier molecular flexibility index (Phi) is 4.55. The van der Waals surface area contributed by atoms with Crippen LogP contribution in [0, 0.1) is 11.2 Å². The third-order valence-electron chi connectivity index (χ3n) is 5.19. The molecule has 6 heteroatoms. The molecule has 1 aromatic carbocycles. The summed E-state index contributed by atoms with van der Waals surface area (Å²) in [5, 5.41) is 12.9. The number of urea groups is 1. The molecule has 5 nitrogen and oxygen atoms in total. The van der Waals surface area contributed by atoms with Gasteiger partial charge < -0.3 is 20.1 Å². The summed E-state index contributed by atoms with van der Waals surface area (Å²) < 4.78 is 18.6. The summed E-state index contributed by atoms with van der Waals surface area (Å²) >= 11 is 0. The van der Waals surface area contributed by atoms with E-state index in [0.717, 1.165) is 12.8 Å². The third-order valence-corrected chi connectivity index (χ3v) is 5.19. The molecule has 1 saturated carbocycles. The normalized spacial score (nSPS) is 26.0. The molecular weight excluding hydrogens is 299 g/mol. The van der Waals surface area contributed by atoms with Crippen molar-refractivity contribution in [2.75, 3.05) is 25.0 Å². The lowest BCUT2D eigenvalue weighted by atomic mass is 9.58. The SMILES string of the molecule is CCOC1CC(O)C12CCN(C(=O)Nc1ccc(F)cc1)CC2. The van der Waals surface area contributed by atoms with Gasteiger partial charge in [-0.1, -0.05) is 0 Å². The average Bonchev–Trinajstić information content (AvgIpc) is 2.57. The fraction of sp³-hybridized carbons (Fsp3) is 0.588. The first-order valence-corrected chi connectivity index (χ1v) is 8.16. The van der Waals surface area contributed by atoms with Gasteiger partial charge in [0.25, 0.3) is 0 Å². The minimum atomic E-state index is -0.332. The second kappa shape index (κ2) is 6.45. The zero-order valence-corrected chi connectivity index (χ0v) is 13.3. The van der Waals surface area contributed by atoms with Gasteiger partial charge in [0.2, 0.25) is 0 Å². The predicted octanol–water partition coefficient (Wildman–Crippen LogP) is 2.61. The highest BCUT2D eigenvalue weighted by Gasteiger charge is 2.56. The zero-order valence-electron chi connectivity index (χ0n) is 13.3. The third kappa shape index (κ3) is 3.05. The molecule has 0 bridgehead atoms. The minimum Gasteiger partial charge on any atom is -0.392 e. The summed E-state index contributed by atoms with van der Waals surface area (Å²) in [6, 6.07) is 5.53. The molecule has 2 atom stereocenters. The van der Waals surface area contributed by atoms with Gasteiger partial charge in [0.15, 0.2) is 0 Å². The monoisotopic (exact) mass is 322 g/mol. The molecule has 0 aromatic heterocycles. The van der Waals surface area contributed by atoms with E-state index in [-0.39, 0.29) is 29.5 Å². The van der Waals surface area contributed by atoms with Crippen molar-refractivity contribution in [3.63, 3.8) is 0 Å². The average molecular weight is 322 g/mol. The maximum Gasteiger partial charge on any atom is 0.321 e. The van der Waals surface area contributed by atoms with E-state index < -0.39 is 0 Å². The van der Waals surface area contributed by atoms with Gasteiger partial charge in [-0.3, -0.25) is 0 Å². The molecule has 1 heterocycles. The van der Waals surface area contributed by atoms with Gasteiger partial charge in [0.05, 0.1) is 12.2 Å². The lowest BCUT2D eigenvalue weighted by Gasteiger charge is -2.56. The number of aliphatic hydroxyl groups excluding tert-OH is 1. The number of nitrogens with one attached hydrogen (secondary N) is 1. The number of ether oxygens (including phenoxy) is 1. The fourth-order valence-corrected chi connectivity index (χ4v) is 3.68. The zero-order chi connectivity index (χ0) is 16.4. The Bertz CT molecular complexity index is 553. The number of hydrogen-bond donors (Lipinski definition) is 2. The number of likely N-dealkylation sites (tertiary alicyclic amines) is 1. The van der Waals surface area contributed by atoms with Crippen LogP contribution in [0.3, 0.4) is 0 Å². The van der Waals surface area contributed by atoms with Crippen molar-refractivity contribution < 1.29 is 19.0 Å². The topological polar surface area (TPSA) is 61.8 Å². The summed E-state index contributed by atoms with van der Waals surface area (Å²) in [6.07, 6.45) is 1.95. The summed E-state index contributed by atoms with van der Waals surface area (Å²) in [5.41, 5.74) is 0.385. The van der Waals surface area contributed by atoms with Crippen LogP contribution in [0.15, 0.2) is 24.3 Å². The molecule has 2 N–H and O–H groups in total. The molecule has 0 radical (unpaired) electrons. The van der Waals surface area contributed by atoms with Crippen LogP contribution in [0.1, 0.15) is 26.2 Å². The predicted molar refractivity (Wildman–Crippen MR) is 84.7 cm³/mol. The van der Waals surface area contributed by atoms with Gasteiger partial charge in [0, 0.05) is 37.2 Å². The Morgan fingerprint density at radius 2 is 2.04 bits per heavy atom. The van der Waals surface area contributed by atoms with Crippen molar-refractivity contribution >= 4 is 11.7 Å². The van der Waals surface area contributed by atoms with E-state index in [2.05, 4.69) is 5.32 Å². The number of nitrogens with zero attached hydrogens (tertiary/aromatic N) is 1. The van der Waals surface area contributed by atoms with Crippen LogP contribution in [0.4, 0.5) is 14.9 Å². The molecule has 23 heavy (non-hydrogen) atoms. The number of carbonyl (C=O) groups excluding carboxylic acids is 1. The standard InChI is InChI=1S/C17H23FN2O3/c1-2-23-15-11-14(21)17(15)7-9-20(10-8-17)16(22)19-13-5-3-12(18)4-6-13/h3-6,14-15,21H,2,7-11H2,1H3,(H,19,22). The van der Waals surface area contributed by atoms with Crippen molar-refractivity contribution in [3.8, 4) is 0 Å². The number of rotatable bonds is 3. The first-order valence-electron chi connectivity index (χ1n) is 8.16. The number of halogens is 1. The molecule has 1 aliphatic carbocycles. The summed E-state index contributed by atoms with van der Waals surface area (Å²) in [7, 11) is 0. The van der Waals surface area contributed by atoms with E-state index >= 15 is 0 Å². The molecule has 1 spiro atoms. The summed E-state index contributed by atoms with van der Waals surface area (Å²) in [6.45, 7) is 3.79. The maximum atomic E-state index is 12.9. The first-order chi connectivity index (χ1) is 11.0. The van der Waals surface area contributed by atoms with Crippen LogP contribution < -0.4 is 5.32 Å². The molecule has 1 aromatic rings. The quantitative estimate of drug-likeness (QED) is 0.899. The first kappa shape index (κ1) is 16.2. The van der Waals surface area contributed by atoms with Crippen LogP contribution in [0.2, 0.25) is 0 Å². The second-order valence-corrected chi connectivity index (χ2v) is 6.35. The van der Waals surface area contributed by atoms with Gasteiger partial charge >= 0.3 is 6.03 Å². The lowest BCUT2D eigenvalue weighted by molar-refractivity contribution is -0.207. The number of aliphatic hydroxyl groups is 1. The van der Waals surface area contributed by atoms with Crippen LogP contribution in [0.5, 0.6) is 0 Å². The van der Waals surface area contributed by atoms with Crippen molar-refractivity contribution in [2.45, 2.75) is 38.4 Å². The van der Waals surface area contributed by atoms with Crippen molar-refractivity contribution in [1.82, 2.24) is 4.90 Å². The molecule has 2 fully saturated rings. The summed E-state index contributed by atoms with van der Waals surface area (Å²) in [5.74, 6) is -0.330. The highest BCUT2D eigenvalue weighted by atomic mass is 19.1. The Morgan fingerprint density at radius 3 is 2.61 bits per heavy atom. The van der Waals surface area contributed by atoms with Crippen LogP contribution >= 0.6 is 0 Å². The van der Waals surface area contributed by atoms with E-state index in [4.69, 9.17) is 4.74 Å². The Morgan fingerprint density at radius 1 is 1.39 bits per heavy atom. The fourth-order valence-electron chi connectivity index (χ4n) is 3.68. The van der Waals surface area contributed by atoms with E-state index in [1.54, 1.807) is 17.0 Å². The Hall–Kier alpha value is -1.66. The Balaban J connectivity index is 1.56. The van der Waals surface area contributed by atoms with E-state index in [1.807, 2.05) is 6.92 Å². The van der Waals surface area contributed by atoms with Crippen LogP contribution in [-0.4, -0.2) is 47.9 Å². The Labute approximate surface area is 135 Å². The van der Waals surface area contributed by atoms with Gasteiger partial charge in [0.1, 0.15) is 5.82 Å². The lowest BCUT2D eigenvalue weighted by Crippen LogP contribution is -2.63. The van der Waals surface area contributed by atoms with E-state index in [1.165, 1.54) is 12.1 Å². The highest BCUT2D eigenvalue weighted by Crippen LogP contribution is 2.50. The number of anilines is 1. The minimum absolute atomic E-state index is 0.102. The number of amides is 2. The van der Waals surface area contributed by atoms with Crippen molar-refractivity contribution in [3.05, 3.63) is 30.1 Å². The smallest absolute Gasteiger partial charge is 0.321 e. The molecule has 2 amide bonds. The van der Waals surface area contributed by atoms with E-state index in [9.17, 15) is 14.3 Å². The molecule has 2 unspecified atom stereocenters. The largest absolute Gasteiger partial charge is 0.392 e. The number of hydrogen-bond acceptors (Lipinski definition) is 3. The van der Waals surface area contributed by atoms with Crippen molar-refractivity contribution in [1.29, 1.82) is 0 Å². The molecule has 126 valence electrons.